The first kappa shape index (κ1) is 17.9. The van der Waals surface area contributed by atoms with Crippen LogP contribution in [0, 0.1) is 6.92 Å². The van der Waals surface area contributed by atoms with Gasteiger partial charge in [-0.3, -0.25) is 4.79 Å². The highest BCUT2D eigenvalue weighted by Gasteiger charge is 2.32. The number of carbonyl (C=O) groups is 1. The molecule has 0 saturated heterocycles. The predicted molar refractivity (Wildman–Crippen MR) is 88.0 cm³/mol. The number of aryl methyl sites for hydroxylation is 1. The van der Waals surface area contributed by atoms with Crippen molar-refractivity contribution in [3.05, 3.63) is 54.0 Å². The minimum atomic E-state index is -4.53. The van der Waals surface area contributed by atoms with Gasteiger partial charge in [0.2, 0.25) is 0 Å². The molecule has 1 N–H and O–H groups in total. The molecular formula is C15H11F3N6OS. The van der Waals surface area contributed by atoms with Crippen LogP contribution in [0.25, 0.3) is 5.69 Å². The smallest absolute Gasteiger partial charge is 0.322 e. The average Bonchev–Trinajstić information content (AvgIpc) is 3.08. The lowest BCUT2D eigenvalue weighted by molar-refractivity contribution is -0.0329. The first-order valence-corrected chi connectivity index (χ1v) is 8.01. The molecule has 2 heterocycles. The Morgan fingerprint density at radius 1 is 1.27 bits per heavy atom. The van der Waals surface area contributed by atoms with E-state index < -0.39 is 28.2 Å². The Labute approximate surface area is 149 Å². The fourth-order valence-corrected chi connectivity index (χ4v) is 2.82. The first-order valence-electron chi connectivity index (χ1n) is 7.19. The van der Waals surface area contributed by atoms with Crippen LogP contribution in [0.2, 0.25) is 0 Å². The van der Waals surface area contributed by atoms with Crippen molar-refractivity contribution >= 4 is 23.4 Å². The Hall–Kier alpha value is -2.95. The van der Waals surface area contributed by atoms with E-state index in [2.05, 4.69) is 25.8 Å². The number of alkyl halides is 3. The zero-order valence-electron chi connectivity index (χ0n) is 13.2. The zero-order chi connectivity index (χ0) is 18.7. The molecule has 26 heavy (non-hydrogen) atoms. The number of rotatable bonds is 4. The van der Waals surface area contributed by atoms with Gasteiger partial charge in [0.05, 0.1) is 11.3 Å². The van der Waals surface area contributed by atoms with Gasteiger partial charge in [-0.25, -0.2) is 9.67 Å². The Kier molecular flexibility index (Phi) is 4.89. The van der Waals surface area contributed by atoms with Crippen LogP contribution < -0.4 is 5.32 Å². The molecule has 3 rings (SSSR count). The maximum absolute atomic E-state index is 12.6. The van der Waals surface area contributed by atoms with Gasteiger partial charge < -0.3 is 5.32 Å². The van der Waals surface area contributed by atoms with Crippen LogP contribution >= 0.6 is 11.8 Å². The molecule has 0 saturated carbocycles. The highest BCUT2D eigenvalue weighted by Crippen LogP contribution is 2.37. The van der Waals surface area contributed by atoms with E-state index in [1.807, 2.05) is 0 Å². The first-order chi connectivity index (χ1) is 12.3. The van der Waals surface area contributed by atoms with Gasteiger partial charge in [-0.05, 0) is 53.2 Å². The van der Waals surface area contributed by atoms with Gasteiger partial charge in [-0.1, -0.05) is 0 Å². The number of thioether (sulfide) groups is 1. The van der Waals surface area contributed by atoms with Gasteiger partial charge in [-0.2, -0.15) is 13.2 Å². The number of halogens is 3. The van der Waals surface area contributed by atoms with Crippen LogP contribution in [-0.2, 0) is 0 Å². The summed E-state index contributed by atoms with van der Waals surface area (Å²) in [4.78, 5) is 16.0. The van der Waals surface area contributed by atoms with E-state index in [9.17, 15) is 18.0 Å². The molecular weight excluding hydrogens is 369 g/mol. The van der Waals surface area contributed by atoms with Crippen molar-refractivity contribution in [2.24, 2.45) is 0 Å². The van der Waals surface area contributed by atoms with Crippen molar-refractivity contribution in [3.8, 4) is 5.69 Å². The van der Waals surface area contributed by atoms with Crippen molar-refractivity contribution in [2.75, 3.05) is 5.32 Å². The topological polar surface area (TPSA) is 85.6 Å². The van der Waals surface area contributed by atoms with Gasteiger partial charge in [0.25, 0.3) is 5.91 Å². The van der Waals surface area contributed by atoms with E-state index in [4.69, 9.17) is 0 Å². The molecule has 2 aromatic heterocycles. The third-order valence-electron chi connectivity index (χ3n) is 3.28. The van der Waals surface area contributed by atoms with E-state index >= 15 is 0 Å². The number of anilines is 1. The Balaban J connectivity index is 1.82. The summed E-state index contributed by atoms with van der Waals surface area (Å²) in [5, 5.41) is 13.1. The fraction of sp³-hybridized carbons (Fsp3) is 0.133. The van der Waals surface area contributed by atoms with E-state index in [0.29, 0.717) is 11.4 Å². The van der Waals surface area contributed by atoms with E-state index in [0.717, 1.165) is 5.56 Å². The fourth-order valence-electron chi connectivity index (χ4n) is 2.21. The predicted octanol–water partition coefficient (Wildman–Crippen LogP) is 3.23. The number of carbonyl (C=O) groups excluding carboxylic acids is 1. The minimum Gasteiger partial charge on any atom is -0.322 e. The normalized spacial score (nSPS) is 11.4. The molecule has 0 bridgehead atoms. The van der Waals surface area contributed by atoms with E-state index in [-0.39, 0.29) is 5.56 Å². The molecule has 134 valence electrons. The zero-order valence-corrected chi connectivity index (χ0v) is 14.0. The number of hydrogen-bond donors (Lipinski definition) is 1. The maximum atomic E-state index is 12.6. The molecule has 0 radical (unpaired) electrons. The number of nitrogens with one attached hydrogen (secondary N) is 1. The molecule has 11 heteroatoms. The molecule has 0 aliphatic rings. The third-order valence-corrected chi connectivity index (χ3v) is 4.03. The van der Waals surface area contributed by atoms with Gasteiger partial charge in [-0.15, -0.1) is 5.10 Å². The van der Waals surface area contributed by atoms with Crippen molar-refractivity contribution in [3.63, 3.8) is 0 Å². The number of benzene rings is 1. The number of pyridine rings is 1. The molecule has 0 fully saturated rings. The lowest BCUT2D eigenvalue weighted by Gasteiger charge is -2.12. The maximum Gasteiger partial charge on any atom is 0.447 e. The quantitative estimate of drug-likeness (QED) is 0.700. The second-order valence-electron chi connectivity index (χ2n) is 5.11. The largest absolute Gasteiger partial charge is 0.447 e. The summed E-state index contributed by atoms with van der Waals surface area (Å²) in [5.41, 5.74) is -2.78. The second-order valence-corrected chi connectivity index (χ2v) is 6.17. The van der Waals surface area contributed by atoms with Crippen LogP contribution in [0.1, 0.15) is 15.9 Å². The van der Waals surface area contributed by atoms with Crippen molar-refractivity contribution < 1.29 is 18.0 Å². The number of amides is 1. The summed E-state index contributed by atoms with van der Waals surface area (Å²) >= 11 is -0.427. The summed E-state index contributed by atoms with van der Waals surface area (Å²) in [6.07, 6.45) is 2.63. The molecule has 0 aliphatic carbocycles. The summed E-state index contributed by atoms with van der Waals surface area (Å²) in [6.45, 7) is 1.79. The van der Waals surface area contributed by atoms with Gasteiger partial charge in [0, 0.05) is 23.6 Å². The minimum absolute atomic E-state index is 0.156. The lowest BCUT2D eigenvalue weighted by Crippen LogP contribution is -2.15. The second kappa shape index (κ2) is 7.12. The van der Waals surface area contributed by atoms with Crippen LogP contribution in [-0.4, -0.2) is 36.6 Å². The van der Waals surface area contributed by atoms with Crippen LogP contribution in [0.3, 0.4) is 0 Å². The van der Waals surface area contributed by atoms with Crippen molar-refractivity contribution in [2.45, 2.75) is 17.5 Å². The van der Waals surface area contributed by atoms with Crippen molar-refractivity contribution in [1.29, 1.82) is 0 Å². The molecule has 7 nitrogen and oxygen atoms in total. The van der Waals surface area contributed by atoms with Gasteiger partial charge >= 0.3 is 5.51 Å². The van der Waals surface area contributed by atoms with Crippen LogP contribution in [0.5, 0.6) is 0 Å². The van der Waals surface area contributed by atoms with Gasteiger partial charge in [0.15, 0.2) is 0 Å². The molecule has 1 amide bonds. The Morgan fingerprint density at radius 2 is 2.08 bits per heavy atom. The summed E-state index contributed by atoms with van der Waals surface area (Å²) in [6, 6.07) is 7.66. The summed E-state index contributed by atoms with van der Waals surface area (Å²) < 4.78 is 39.3. The number of tetrazole rings is 1. The molecule has 1 aromatic carbocycles. The molecule has 0 aliphatic heterocycles. The number of aromatic nitrogens is 5. The monoisotopic (exact) mass is 380 g/mol. The van der Waals surface area contributed by atoms with Crippen molar-refractivity contribution in [1.82, 2.24) is 25.2 Å². The lowest BCUT2D eigenvalue weighted by atomic mass is 10.1. The SMILES string of the molecule is Cc1cc(NC(=O)c2cccnc2SC(F)(F)F)ccc1-n1cnnn1. The van der Waals surface area contributed by atoms with Crippen LogP contribution in [0.4, 0.5) is 18.9 Å². The Bertz CT molecular complexity index is 929. The third kappa shape index (κ3) is 4.17. The van der Waals surface area contributed by atoms with E-state index in [1.54, 1.807) is 25.1 Å². The Morgan fingerprint density at radius 3 is 2.73 bits per heavy atom. The summed E-state index contributed by atoms with van der Waals surface area (Å²) in [7, 11) is 0. The van der Waals surface area contributed by atoms with E-state index in [1.165, 1.54) is 29.3 Å². The highest BCUT2D eigenvalue weighted by molar-refractivity contribution is 8.00. The highest BCUT2D eigenvalue weighted by atomic mass is 32.2. The van der Waals surface area contributed by atoms with Crippen LogP contribution in [0.15, 0.2) is 47.9 Å². The molecule has 0 unspecified atom stereocenters. The molecule has 0 spiro atoms. The summed E-state index contributed by atoms with van der Waals surface area (Å²) in [5.74, 6) is -0.681. The number of nitrogens with zero attached hydrogens (tertiary/aromatic N) is 5. The molecule has 0 atom stereocenters. The number of hydrogen-bond acceptors (Lipinski definition) is 6. The molecule has 3 aromatic rings. The standard InChI is InChI=1S/C15H11F3N6OS/c1-9-7-10(4-5-12(9)24-8-20-22-23-24)21-13(25)11-3-2-6-19-14(11)26-15(16,17)18/h2-8H,1H3,(H,21,25). The average molecular weight is 380 g/mol. The van der Waals surface area contributed by atoms with Gasteiger partial charge in [0.1, 0.15) is 11.4 Å².